The number of hydrogen-bond donors (Lipinski definition) is 3. The number of benzene rings is 2. The lowest BCUT2D eigenvalue weighted by atomic mass is 10.1. The van der Waals surface area contributed by atoms with Gasteiger partial charge in [0, 0.05) is 47.7 Å². The Morgan fingerprint density at radius 3 is 2.82 bits per heavy atom. The van der Waals surface area contributed by atoms with Crippen molar-refractivity contribution in [3.05, 3.63) is 60.6 Å². The van der Waals surface area contributed by atoms with Gasteiger partial charge in [0.05, 0.1) is 24.3 Å². The maximum Gasteiger partial charge on any atom is 0.236 e. The molecule has 0 aliphatic heterocycles. The van der Waals surface area contributed by atoms with Gasteiger partial charge >= 0.3 is 0 Å². The van der Waals surface area contributed by atoms with E-state index in [1.54, 1.807) is 24.0 Å². The Balaban J connectivity index is 1.57. The third kappa shape index (κ3) is 5.49. The molecule has 0 saturated heterocycles. The van der Waals surface area contributed by atoms with E-state index in [0.717, 1.165) is 33.3 Å². The molecule has 0 spiro atoms. The Bertz CT molecular complexity index is 1370. The summed E-state index contributed by atoms with van der Waals surface area (Å²) >= 11 is 0. The zero-order valence-electron chi connectivity index (χ0n) is 18.9. The van der Waals surface area contributed by atoms with E-state index in [4.69, 9.17) is 16.9 Å². The second-order valence-corrected chi connectivity index (χ2v) is 7.81. The van der Waals surface area contributed by atoms with Crippen LogP contribution in [0.5, 0.6) is 5.75 Å². The molecule has 0 fully saturated rings. The van der Waals surface area contributed by atoms with E-state index in [1.165, 1.54) is 0 Å². The monoisotopic (exact) mass is 455 g/mol. The van der Waals surface area contributed by atoms with E-state index >= 15 is 0 Å². The van der Waals surface area contributed by atoms with Crippen molar-refractivity contribution in [1.29, 1.82) is 0 Å². The average molecular weight is 456 g/mol. The number of anilines is 2. The summed E-state index contributed by atoms with van der Waals surface area (Å²) in [5.41, 5.74) is 9.71. The second kappa shape index (κ2) is 10.0. The summed E-state index contributed by atoms with van der Waals surface area (Å²) in [6.45, 7) is 2.26. The van der Waals surface area contributed by atoms with Gasteiger partial charge < -0.3 is 21.1 Å². The Kier molecular flexibility index (Phi) is 6.71. The lowest BCUT2D eigenvalue weighted by Crippen LogP contribution is -2.40. The molecule has 0 saturated carbocycles. The highest BCUT2D eigenvalue weighted by Crippen LogP contribution is 2.30. The van der Waals surface area contributed by atoms with Gasteiger partial charge in [-0.15, -0.1) is 6.42 Å². The largest absolute Gasteiger partial charge is 0.492 e. The molecule has 2 aromatic carbocycles. The van der Waals surface area contributed by atoms with Crippen LogP contribution in [0.25, 0.3) is 22.0 Å². The first kappa shape index (κ1) is 22.8. The minimum absolute atomic E-state index is 0.224. The summed E-state index contributed by atoms with van der Waals surface area (Å²) in [6.07, 6.45) is 10.9. The van der Waals surface area contributed by atoms with Gasteiger partial charge in [0.15, 0.2) is 0 Å². The normalized spacial score (nSPS) is 11.6. The predicted octanol–water partition coefficient (Wildman–Crippen LogP) is 2.60. The first-order valence-corrected chi connectivity index (χ1v) is 10.7. The smallest absolute Gasteiger partial charge is 0.236 e. The number of terminal acetylenes is 1. The van der Waals surface area contributed by atoms with Gasteiger partial charge in [-0.05, 0) is 42.8 Å². The van der Waals surface area contributed by atoms with Crippen molar-refractivity contribution in [2.24, 2.45) is 12.8 Å². The molecule has 34 heavy (non-hydrogen) atoms. The van der Waals surface area contributed by atoms with Crippen molar-refractivity contribution >= 4 is 28.4 Å². The zero-order chi connectivity index (χ0) is 24.1. The zero-order valence-corrected chi connectivity index (χ0v) is 18.9. The number of fused-ring (bicyclic) bond motifs is 1. The highest BCUT2D eigenvalue weighted by Gasteiger charge is 2.10. The SMILES string of the molecule is C#Cc1ccc2nc(Nc3cc(OCCNC(=O)C(C)N)cc(-c4cnn(C)c4)c3)ncc2c1. The Hall–Kier alpha value is -4.42. The average Bonchev–Trinajstić information content (AvgIpc) is 3.27. The van der Waals surface area contributed by atoms with Crippen LogP contribution >= 0.6 is 0 Å². The van der Waals surface area contributed by atoms with Crippen molar-refractivity contribution < 1.29 is 9.53 Å². The van der Waals surface area contributed by atoms with Gasteiger partial charge in [0.1, 0.15) is 12.4 Å². The maximum atomic E-state index is 11.6. The number of aromatic nitrogens is 4. The molecule has 172 valence electrons. The van der Waals surface area contributed by atoms with E-state index in [9.17, 15) is 4.79 Å². The molecule has 0 aliphatic rings. The number of nitrogens with two attached hydrogens (primary N) is 1. The fourth-order valence-electron chi connectivity index (χ4n) is 3.31. The molecule has 4 N–H and O–H groups in total. The van der Waals surface area contributed by atoms with Gasteiger partial charge in [-0.1, -0.05) is 5.92 Å². The number of rotatable bonds is 8. The van der Waals surface area contributed by atoms with Gasteiger partial charge in [0.25, 0.3) is 0 Å². The quantitative estimate of drug-likeness (QED) is 0.276. The van der Waals surface area contributed by atoms with Crippen LogP contribution in [-0.4, -0.2) is 44.8 Å². The molecular weight excluding hydrogens is 430 g/mol. The minimum atomic E-state index is -0.565. The van der Waals surface area contributed by atoms with E-state index in [0.29, 0.717) is 24.8 Å². The summed E-state index contributed by atoms with van der Waals surface area (Å²) in [5.74, 6) is 3.46. The molecule has 9 nitrogen and oxygen atoms in total. The highest BCUT2D eigenvalue weighted by molar-refractivity contribution is 5.81. The van der Waals surface area contributed by atoms with E-state index in [1.807, 2.05) is 49.6 Å². The van der Waals surface area contributed by atoms with Crippen LogP contribution in [0.15, 0.2) is 55.0 Å². The van der Waals surface area contributed by atoms with Crippen molar-refractivity contribution in [1.82, 2.24) is 25.1 Å². The van der Waals surface area contributed by atoms with E-state index < -0.39 is 6.04 Å². The number of nitrogens with zero attached hydrogens (tertiary/aromatic N) is 4. The lowest BCUT2D eigenvalue weighted by Gasteiger charge is -2.13. The fraction of sp³-hybridized carbons (Fsp3) is 0.200. The first-order valence-electron chi connectivity index (χ1n) is 10.7. The van der Waals surface area contributed by atoms with E-state index in [-0.39, 0.29) is 5.91 Å². The van der Waals surface area contributed by atoms with Crippen molar-refractivity contribution in [3.8, 4) is 29.2 Å². The Morgan fingerprint density at radius 1 is 1.24 bits per heavy atom. The van der Waals surface area contributed by atoms with Crippen LogP contribution in [-0.2, 0) is 11.8 Å². The minimum Gasteiger partial charge on any atom is -0.492 e. The summed E-state index contributed by atoms with van der Waals surface area (Å²) in [6, 6.07) is 10.8. The third-order valence-corrected chi connectivity index (χ3v) is 5.03. The molecule has 4 aromatic rings. The Labute approximate surface area is 197 Å². The standard InChI is InChI=1S/C25H25N7O2/c1-4-17-5-6-23-19(9-17)13-28-25(31-23)30-21-10-18(20-14-29-32(3)15-20)11-22(12-21)34-8-7-27-24(33)16(2)26/h1,5-6,9-16H,7-8,26H2,2-3H3,(H,27,33)(H,28,30,31). The van der Waals surface area contributed by atoms with Crippen molar-refractivity contribution in [2.45, 2.75) is 13.0 Å². The van der Waals surface area contributed by atoms with E-state index in [2.05, 4.69) is 31.6 Å². The predicted molar refractivity (Wildman–Crippen MR) is 132 cm³/mol. The van der Waals surface area contributed by atoms with Crippen LogP contribution in [0.3, 0.4) is 0 Å². The fourth-order valence-corrected chi connectivity index (χ4v) is 3.31. The van der Waals surface area contributed by atoms with Gasteiger partial charge in [0.2, 0.25) is 11.9 Å². The van der Waals surface area contributed by atoms with Crippen LogP contribution in [0, 0.1) is 12.3 Å². The molecule has 2 heterocycles. The number of carbonyl (C=O) groups excluding carboxylic acids is 1. The first-order chi connectivity index (χ1) is 16.4. The van der Waals surface area contributed by atoms with Crippen LogP contribution in [0.4, 0.5) is 11.6 Å². The van der Waals surface area contributed by atoms with Crippen molar-refractivity contribution in [3.63, 3.8) is 0 Å². The molecule has 9 heteroatoms. The summed E-state index contributed by atoms with van der Waals surface area (Å²) < 4.78 is 7.63. The number of aryl methyl sites for hydroxylation is 1. The van der Waals surface area contributed by atoms with Gasteiger partial charge in [-0.2, -0.15) is 5.10 Å². The number of nitrogens with one attached hydrogen (secondary N) is 2. The van der Waals surface area contributed by atoms with Crippen molar-refractivity contribution in [2.75, 3.05) is 18.5 Å². The molecule has 2 aromatic heterocycles. The van der Waals surface area contributed by atoms with Crippen LogP contribution in [0.2, 0.25) is 0 Å². The van der Waals surface area contributed by atoms with Gasteiger partial charge in [-0.25, -0.2) is 9.97 Å². The summed E-state index contributed by atoms with van der Waals surface area (Å²) in [4.78, 5) is 20.7. The summed E-state index contributed by atoms with van der Waals surface area (Å²) in [5, 5.41) is 11.1. The molecule has 1 amide bonds. The van der Waals surface area contributed by atoms with Crippen LogP contribution in [0.1, 0.15) is 12.5 Å². The molecule has 0 aliphatic carbocycles. The molecular formula is C25H25N7O2. The number of hydrogen-bond acceptors (Lipinski definition) is 7. The summed E-state index contributed by atoms with van der Waals surface area (Å²) in [7, 11) is 1.86. The molecule has 0 bridgehead atoms. The third-order valence-electron chi connectivity index (χ3n) is 5.03. The topological polar surface area (TPSA) is 120 Å². The highest BCUT2D eigenvalue weighted by atomic mass is 16.5. The second-order valence-electron chi connectivity index (χ2n) is 7.81. The number of carbonyl (C=O) groups is 1. The maximum absolute atomic E-state index is 11.6. The molecule has 4 rings (SSSR count). The van der Waals surface area contributed by atoms with Gasteiger partial charge in [-0.3, -0.25) is 9.48 Å². The van der Waals surface area contributed by atoms with Crippen LogP contribution < -0.4 is 21.1 Å². The molecule has 1 unspecified atom stereocenters. The lowest BCUT2D eigenvalue weighted by molar-refractivity contribution is -0.122. The Morgan fingerprint density at radius 2 is 2.09 bits per heavy atom. The molecule has 1 atom stereocenters. The molecule has 0 radical (unpaired) electrons. The number of ether oxygens (including phenoxy) is 1. The number of amides is 1.